The van der Waals surface area contributed by atoms with Crippen LogP contribution in [0.5, 0.6) is 5.88 Å². The molecule has 4 rings (SSSR count). The number of rotatable bonds is 5. The molecule has 4 aromatic rings. The maximum absolute atomic E-state index is 5.63. The predicted octanol–water partition coefficient (Wildman–Crippen LogP) is 4.05. The van der Waals surface area contributed by atoms with E-state index in [2.05, 4.69) is 20.2 Å². The predicted molar refractivity (Wildman–Crippen MR) is 94.6 cm³/mol. The third-order valence-electron chi connectivity index (χ3n) is 3.64. The molecule has 0 saturated carbocycles. The Bertz CT molecular complexity index is 936. The van der Waals surface area contributed by atoms with Gasteiger partial charge in [0.2, 0.25) is 5.88 Å². The summed E-state index contributed by atoms with van der Waals surface area (Å²) in [6, 6.07) is 19.9. The lowest BCUT2D eigenvalue weighted by Gasteiger charge is -1.96. The zero-order valence-electron chi connectivity index (χ0n) is 12.9. The van der Waals surface area contributed by atoms with Gasteiger partial charge in [-0.1, -0.05) is 48.5 Å². The smallest absolute Gasteiger partial charge is 0.233 e. The van der Waals surface area contributed by atoms with E-state index in [0.717, 1.165) is 28.1 Å². The van der Waals surface area contributed by atoms with Crippen molar-refractivity contribution in [3.63, 3.8) is 0 Å². The molecule has 2 heterocycles. The highest BCUT2D eigenvalue weighted by Gasteiger charge is 2.08. The van der Waals surface area contributed by atoms with E-state index in [-0.39, 0.29) is 0 Å². The highest BCUT2D eigenvalue weighted by atomic mass is 16.5. The molecule has 0 saturated heterocycles. The molecule has 0 spiro atoms. The van der Waals surface area contributed by atoms with Crippen molar-refractivity contribution in [2.45, 2.75) is 0 Å². The van der Waals surface area contributed by atoms with E-state index in [1.165, 1.54) is 0 Å². The molecule has 0 aliphatic rings. The number of hydrogen-bond donors (Lipinski definition) is 2. The molecule has 0 aliphatic carbocycles. The molecule has 0 bridgehead atoms. The number of aromatic nitrogens is 4. The zero-order chi connectivity index (χ0) is 16.2. The van der Waals surface area contributed by atoms with Gasteiger partial charge < -0.3 is 9.72 Å². The van der Waals surface area contributed by atoms with Crippen molar-refractivity contribution < 1.29 is 4.74 Å². The molecule has 2 aromatic carbocycles. The van der Waals surface area contributed by atoms with E-state index < -0.39 is 0 Å². The molecular formula is C19H16N4O. The minimum Gasteiger partial charge on any atom is -0.472 e. The van der Waals surface area contributed by atoms with Crippen LogP contribution in [0.1, 0.15) is 5.56 Å². The molecule has 5 nitrogen and oxygen atoms in total. The monoisotopic (exact) mass is 316 g/mol. The summed E-state index contributed by atoms with van der Waals surface area (Å²) in [6.07, 6.45) is 3.98. The summed E-state index contributed by atoms with van der Waals surface area (Å²) < 4.78 is 5.63. The lowest BCUT2D eigenvalue weighted by atomic mass is 10.2. The molecule has 0 atom stereocenters. The lowest BCUT2D eigenvalue weighted by Crippen LogP contribution is -1.93. The van der Waals surface area contributed by atoms with Crippen molar-refractivity contribution in [1.82, 2.24) is 20.2 Å². The Hall–Kier alpha value is -3.34. The van der Waals surface area contributed by atoms with Crippen LogP contribution in [0.4, 0.5) is 0 Å². The van der Waals surface area contributed by atoms with Crippen LogP contribution in [0.2, 0.25) is 0 Å². The molecule has 24 heavy (non-hydrogen) atoms. The topological polar surface area (TPSA) is 66.6 Å². The van der Waals surface area contributed by atoms with Gasteiger partial charge in [0.25, 0.3) is 0 Å². The molecule has 118 valence electrons. The second-order valence-electron chi connectivity index (χ2n) is 5.35. The Morgan fingerprint density at radius 2 is 1.83 bits per heavy atom. The summed E-state index contributed by atoms with van der Waals surface area (Å²) in [7, 11) is 0. The van der Waals surface area contributed by atoms with Crippen molar-refractivity contribution in [3.05, 3.63) is 72.3 Å². The Labute approximate surface area is 139 Å². The van der Waals surface area contributed by atoms with Crippen molar-refractivity contribution in [2.75, 3.05) is 6.61 Å². The van der Waals surface area contributed by atoms with Crippen molar-refractivity contribution >= 4 is 17.1 Å². The average molecular weight is 316 g/mol. The average Bonchev–Trinajstić information content (AvgIpc) is 3.26. The van der Waals surface area contributed by atoms with Gasteiger partial charge >= 0.3 is 0 Å². The number of imidazole rings is 1. The molecule has 2 aromatic heterocycles. The van der Waals surface area contributed by atoms with E-state index >= 15 is 0 Å². The SMILES string of the molecule is C(=C\c1ccccc1)/COc1cc(-c2nc3ccccc3[nH]2)[nH]n1. The summed E-state index contributed by atoms with van der Waals surface area (Å²) >= 11 is 0. The van der Waals surface area contributed by atoms with Gasteiger partial charge in [-0.15, -0.1) is 5.10 Å². The minimum atomic E-state index is 0.458. The number of para-hydroxylation sites is 2. The maximum atomic E-state index is 5.63. The van der Waals surface area contributed by atoms with Gasteiger partial charge in [-0.2, -0.15) is 0 Å². The van der Waals surface area contributed by atoms with Crippen molar-refractivity contribution in [2.24, 2.45) is 0 Å². The lowest BCUT2D eigenvalue weighted by molar-refractivity contribution is 0.348. The first-order valence-corrected chi connectivity index (χ1v) is 7.73. The molecular weight excluding hydrogens is 300 g/mol. The summed E-state index contributed by atoms with van der Waals surface area (Å²) in [5.74, 6) is 1.29. The number of fused-ring (bicyclic) bond motifs is 1. The second-order valence-corrected chi connectivity index (χ2v) is 5.35. The third-order valence-corrected chi connectivity index (χ3v) is 3.64. The number of nitrogens with zero attached hydrogens (tertiary/aromatic N) is 2. The van der Waals surface area contributed by atoms with Gasteiger partial charge in [0.15, 0.2) is 5.82 Å². The van der Waals surface area contributed by atoms with Gasteiger partial charge in [-0.25, -0.2) is 4.98 Å². The fourth-order valence-corrected chi connectivity index (χ4v) is 2.46. The van der Waals surface area contributed by atoms with Crippen LogP contribution in [-0.4, -0.2) is 26.8 Å². The summed E-state index contributed by atoms with van der Waals surface area (Å²) in [5.41, 5.74) is 3.87. The maximum Gasteiger partial charge on any atom is 0.233 e. The third kappa shape index (κ3) is 3.05. The zero-order valence-corrected chi connectivity index (χ0v) is 12.9. The van der Waals surface area contributed by atoms with Crippen LogP contribution in [-0.2, 0) is 0 Å². The Morgan fingerprint density at radius 3 is 2.71 bits per heavy atom. The van der Waals surface area contributed by atoms with Crippen LogP contribution in [0.15, 0.2) is 66.7 Å². The first-order chi connectivity index (χ1) is 11.9. The first-order valence-electron chi connectivity index (χ1n) is 7.73. The fourth-order valence-electron chi connectivity index (χ4n) is 2.46. The summed E-state index contributed by atoms with van der Waals surface area (Å²) in [5, 5.41) is 7.11. The molecule has 0 aliphatic heterocycles. The Kier molecular flexibility index (Phi) is 3.81. The van der Waals surface area contributed by atoms with Gasteiger partial charge in [0.1, 0.15) is 12.3 Å². The van der Waals surface area contributed by atoms with Crippen LogP contribution in [0.3, 0.4) is 0 Å². The van der Waals surface area contributed by atoms with E-state index in [9.17, 15) is 0 Å². The largest absolute Gasteiger partial charge is 0.472 e. The normalized spacial score (nSPS) is 11.3. The Balaban J connectivity index is 1.42. The van der Waals surface area contributed by atoms with Crippen LogP contribution in [0.25, 0.3) is 28.6 Å². The number of ether oxygens (including phenoxy) is 1. The molecule has 0 fully saturated rings. The Morgan fingerprint density at radius 1 is 1.00 bits per heavy atom. The summed E-state index contributed by atoms with van der Waals surface area (Å²) in [6.45, 7) is 0.458. The molecule has 0 amide bonds. The standard InChI is InChI=1S/C19H16N4O/c1-2-7-14(8-3-1)9-6-12-24-18-13-17(22-23-18)19-20-15-10-4-5-11-16(15)21-19/h1-11,13H,12H2,(H,20,21)(H,22,23)/b9-6+. The number of H-pyrrole nitrogens is 2. The van der Waals surface area contributed by atoms with E-state index in [0.29, 0.717) is 12.5 Å². The molecule has 5 heteroatoms. The van der Waals surface area contributed by atoms with Gasteiger partial charge in [0.05, 0.1) is 11.0 Å². The van der Waals surface area contributed by atoms with Gasteiger partial charge in [0, 0.05) is 6.07 Å². The van der Waals surface area contributed by atoms with Gasteiger partial charge in [-0.3, -0.25) is 5.10 Å². The number of hydrogen-bond acceptors (Lipinski definition) is 3. The van der Waals surface area contributed by atoms with Gasteiger partial charge in [-0.05, 0) is 23.8 Å². The van der Waals surface area contributed by atoms with E-state index in [1.54, 1.807) is 0 Å². The summed E-state index contributed by atoms with van der Waals surface area (Å²) in [4.78, 5) is 7.80. The quantitative estimate of drug-likeness (QED) is 0.584. The van der Waals surface area contributed by atoms with Crippen molar-refractivity contribution in [3.8, 4) is 17.4 Å². The fraction of sp³-hybridized carbons (Fsp3) is 0.0526. The van der Waals surface area contributed by atoms with E-state index in [4.69, 9.17) is 4.74 Å². The second kappa shape index (κ2) is 6.42. The van der Waals surface area contributed by atoms with Crippen LogP contribution < -0.4 is 4.74 Å². The van der Waals surface area contributed by atoms with E-state index in [1.807, 2.05) is 72.8 Å². The number of nitrogens with one attached hydrogen (secondary N) is 2. The minimum absolute atomic E-state index is 0.458. The molecule has 2 N–H and O–H groups in total. The van der Waals surface area contributed by atoms with Crippen LogP contribution in [0, 0.1) is 0 Å². The molecule has 0 unspecified atom stereocenters. The number of aromatic amines is 2. The highest BCUT2D eigenvalue weighted by molar-refractivity contribution is 5.78. The van der Waals surface area contributed by atoms with Crippen molar-refractivity contribution in [1.29, 1.82) is 0 Å². The highest BCUT2D eigenvalue weighted by Crippen LogP contribution is 2.21. The number of benzene rings is 2. The van der Waals surface area contributed by atoms with Crippen LogP contribution >= 0.6 is 0 Å². The first kappa shape index (κ1) is 14.3. The molecule has 0 radical (unpaired) electrons.